The van der Waals surface area contributed by atoms with Gasteiger partial charge in [0.05, 0.1) is 5.56 Å². The van der Waals surface area contributed by atoms with Gasteiger partial charge < -0.3 is 14.6 Å². The van der Waals surface area contributed by atoms with Crippen molar-refractivity contribution < 1.29 is 14.3 Å². The summed E-state index contributed by atoms with van der Waals surface area (Å²) in [5.41, 5.74) is 3.53. The molecule has 0 fully saturated rings. The van der Waals surface area contributed by atoms with E-state index in [4.69, 9.17) is 4.74 Å². The van der Waals surface area contributed by atoms with Gasteiger partial charge in [-0.2, -0.15) is 0 Å². The summed E-state index contributed by atoms with van der Waals surface area (Å²) in [6.07, 6.45) is 2.71. The van der Waals surface area contributed by atoms with Gasteiger partial charge in [-0.25, -0.2) is 4.79 Å². The molecule has 3 aromatic carbocycles. The molecule has 0 aliphatic heterocycles. The number of esters is 1. The highest BCUT2D eigenvalue weighted by Gasteiger charge is 2.26. The van der Waals surface area contributed by atoms with Gasteiger partial charge in [-0.05, 0) is 49.4 Å². The first kappa shape index (κ1) is 20.2. The molecule has 0 bridgehead atoms. The van der Waals surface area contributed by atoms with Gasteiger partial charge in [0.1, 0.15) is 0 Å². The maximum absolute atomic E-state index is 13.0. The predicted molar refractivity (Wildman–Crippen MR) is 120 cm³/mol. The van der Waals surface area contributed by atoms with E-state index in [0.29, 0.717) is 16.8 Å². The van der Waals surface area contributed by atoms with E-state index in [-0.39, 0.29) is 0 Å². The zero-order valence-electron chi connectivity index (χ0n) is 17.1. The minimum Gasteiger partial charge on any atom is -0.444 e. The molecule has 5 nitrogen and oxygen atoms in total. The molecule has 0 aliphatic carbocycles. The smallest absolute Gasteiger partial charge is 0.339 e. The van der Waals surface area contributed by atoms with E-state index in [0.717, 1.165) is 11.3 Å². The highest BCUT2D eigenvalue weighted by atomic mass is 16.5. The highest BCUT2D eigenvalue weighted by Crippen LogP contribution is 2.23. The Balaban J connectivity index is 1.57. The quantitative estimate of drug-likeness (QED) is 0.438. The van der Waals surface area contributed by atoms with Gasteiger partial charge in [0.25, 0.3) is 5.91 Å². The van der Waals surface area contributed by atoms with E-state index in [1.807, 2.05) is 84.5 Å². The molecule has 1 aromatic heterocycles. The number of rotatable bonds is 6. The van der Waals surface area contributed by atoms with Crippen molar-refractivity contribution in [3.63, 3.8) is 0 Å². The van der Waals surface area contributed by atoms with E-state index >= 15 is 0 Å². The minimum atomic E-state index is -1.08. The molecule has 0 aliphatic rings. The molecule has 0 saturated heterocycles. The normalized spacial score (nSPS) is 11.5. The van der Waals surface area contributed by atoms with Crippen LogP contribution in [0.4, 0.5) is 5.69 Å². The Morgan fingerprint density at radius 3 is 2.26 bits per heavy atom. The van der Waals surface area contributed by atoms with Crippen molar-refractivity contribution >= 4 is 17.6 Å². The van der Waals surface area contributed by atoms with Crippen LogP contribution in [0.25, 0.3) is 5.69 Å². The van der Waals surface area contributed by atoms with Crippen molar-refractivity contribution in [1.29, 1.82) is 0 Å². The van der Waals surface area contributed by atoms with Crippen LogP contribution in [0.3, 0.4) is 0 Å². The van der Waals surface area contributed by atoms with Crippen LogP contribution in [-0.4, -0.2) is 16.4 Å². The maximum atomic E-state index is 13.0. The van der Waals surface area contributed by atoms with Crippen molar-refractivity contribution in [2.45, 2.75) is 13.0 Å². The molecule has 0 saturated carbocycles. The molecular weight excluding hydrogens is 388 g/mol. The monoisotopic (exact) mass is 410 g/mol. The lowest BCUT2D eigenvalue weighted by Crippen LogP contribution is -2.26. The average molecular weight is 410 g/mol. The number of anilines is 1. The Kier molecular flexibility index (Phi) is 5.94. The summed E-state index contributed by atoms with van der Waals surface area (Å²) < 4.78 is 7.59. The molecule has 4 rings (SSSR count). The summed E-state index contributed by atoms with van der Waals surface area (Å²) in [5.74, 6) is -0.980. The third kappa shape index (κ3) is 4.90. The number of amides is 1. The van der Waals surface area contributed by atoms with Crippen molar-refractivity contribution in [3.05, 3.63) is 120 Å². The summed E-state index contributed by atoms with van der Waals surface area (Å²) in [6, 6.07) is 27.4. The number of hydrogen-bond acceptors (Lipinski definition) is 3. The molecule has 1 atom stereocenters. The zero-order valence-corrected chi connectivity index (χ0v) is 17.1. The fraction of sp³-hybridized carbons (Fsp3) is 0.0769. The van der Waals surface area contributed by atoms with Crippen LogP contribution in [0, 0.1) is 6.92 Å². The Morgan fingerprint density at radius 2 is 1.55 bits per heavy atom. The van der Waals surface area contributed by atoms with E-state index < -0.39 is 18.0 Å². The minimum absolute atomic E-state index is 0.371. The number of carbonyl (C=O) groups excluding carboxylic acids is 2. The lowest BCUT2D eigenvalue weighted by Gasteiger charge is -2.18. The lowest BCUT2D eigenvalue weighted by atomic mass is 10.1. The predicted octanol–water partition coefficient (Wildman–Crippen LogP) is 5.32. The molecule has 0 unspecified atom stereocenters. The molecule has 154 valence electrons. The fourth-order valence-electron chi connectivity index (χ4n) is 3.22. The number of aromatic nitrogens is 1. The van der Waals surface area contributed by atoms with Crippen LogP contribution in [-0.2, 0) is 9.53 Å². The SMILES string of the molecule is Cc1ccc(NC(=O)[C@H](OC(=O)c2cccc(-n3cccc3)c2)c2ccccc2)cc1. The number of benzene rings is 3. The third-order valence-corrected chi connectivity index (χ3v) is 4.87. The van der Waals surface area contributed by atoms with Gasteiger partial charge in [0.15, 0.2) is 0 Å². The number of hydrogen-bond donors (Lipinski definition) is 1. The first-order valence-electron chi connectivity index (χ1n) is 9.97. The van der Waals surface area contributed by atoms with Crippen LogP contribution >= 0.6 is 0 Å². The molecule has 0 radical (unpaired) electrons. The molecule has 1 heterocycles. The summed E-state index contributed by atoms with van der Waals surface area (Å²) in [7, 11) is 0. The van der Waals surface area contributed by atoms with E-state index in [9.17, 15) is 9.59 Å². The second kappa shape index (κ2) is 9.13. The van der Waals surface area contributed by atoms with E-state index in [2.05, 4.69) is 5.32 Å². The van der Waals surface area contributed by atoms with Gasteiger partial charge in [-0.15, -0.1) is 0 Å². The van der Waals surface area contributed by atoms with Gasteiger partial charge >= 0.3 is 5.97 Å². The number of aryl methyl sites for hydroxylation is 1. The van der Waals surface area contributed by atoms with Crippen LogP contribution in [0.15, 0.2) is 103 Å². The third-order valence-electron chi connectivity index (χ3n) is 4.87. The molecule has 31 heavy (non-hydrogen) atoms. The molecule has 1 amide bonds. The van der Waals surface area contributed by atoms with E-state index in [1.165, 1.54) is 0 Å². The Morgan fingerprint density at radius 1 is 0.839 bits per heavy atom. The van der Waals surface area contributed by atoms with Crippen molar-refractivity contribution in [2.75, 3.05) is 5.32 Å². The first-order chi connectivity index (χ1) is 15.1. The summed E-state index contributed by atoms with van der Waals surface area (Å²) in [6.45, 7) is 1.97. The lowest BCUT2D eigenvalue weighted by molar-refractivity contribution is -0.125. The highest BCUT2D eigenvalue weighted by molar-refractivity contribution is 5.98. The van der Waals surface area contributed by atoms with Crippen LogP contribution < -0.4 is 5.32 Å². The maximum Gasteiger partial charge on any atom is 0.339 e. The van der Waals surface area contributed by atoms with Crippen LogP contribution in [0.1, 0.15) is 27.6 Å². The van der Waals surface area contributed by atoms with Gasteiger partial charge in [-0.1, -0.05) is 54.1 Å². The molecule has 0 spiro atoms. The number of carbonyl (C=O) groups is 2. The average Bonchev–Trinajstić information content (AvgIpc) is 3.34. The first-order valence-corrected chi connectivity index (χ1v) is 9.97. The fourth-order valence-corrected chi connectivity index (χ4v) is 3.22. The number of nitrogens with one attached hydrogen (secondary N) is 1. The molecule has 5 heteroatoms. The van der Waals surface area contributed by atoms with Gasteiger partial charge in [0.2, 0.25) is 6.10 Å². The largest absolute Gasteiger partial charge is 0.444 e. The summed E-state index contributed by atoms with van der Waals surface area (Å²) in [5, 5.41) is 2.84. The molecular formula is C26H22N2O3. The zero-order chi connectivity index (χ0) is 21.6. The number of nitrogens with zero attached hydrogens (tertiary/aromatic N) is 1. The second-order valence-corrected chi connectivity index (χ2v) is 7.19. The van der Waals surface area contributed by atoms with E-state index in [1.54, 1.807) is 30.3 Å². The second-order valence-electron chi connectivity index (χ2n) is 7.19. The summed E-state index contributed by atoms with van der Waals surface area (Å²) in [4.78, 5) is 26.0. The molecule has 1 N–H and O–H groups in total. The van der Waals surface area contributed by atoms with Crippen LogP contribution in [0.2, 0.25) is 0 Å². The Bertz CT molecular complexity index is 1170. The van der Waals surface area contributed by atoms with Gasteiger partial charge in [-0.3, -0.25) is 4.79 Å². The van der Waals surface area contributed by atoms with Crippen molar-refractivity contribution in [2.24, 2.45) is 0 Å². The van der Waals surface area contributed by atoms with Gasteiger partial charge in [0, 0.05) is 29.3 Å². The standard InChI is InChI=1S/C26H22N2O3/c1-19-12-14-22(15-13-19)27-25(29)24(20-8-3-2-4-9-20)31-26(30)21-10-7-11-23(18-21)28-16-5-6-17-28/h2-18,24H,1H3,(H,27,29)/t24-/m1/s1. The number of ether oxygens (including phenoxy) is 1. The van der Waals surface area contributed by atoms with Crippen molar-refractivity contribution in [3.8, 4) is 5.69 Å². The Labute approximate surface area is 180 Å². The van der Waals surface area contributed by atoms with Crippen LogP contribution in [0.5, 0.6) is 0 Å². The summed E-state index contributed by atoms with van der Waals surface area (Å²) >= 11 is 0. The topological polar surface area (TPSA) is 60.3 Å². The molecule has 4 aromatic rings. The Hall–Kier alpha value is -4.12. The van der Waals surface area contributed by atoms with Crippen molar-refractivity contribution in [1.82, 2.24) is 4.57 Å².